The average Bonchev–Trinajstić information content (AvgIpc) is 2.78. The fraction of sp³-hybridized carbons (Fsp3) is 1.00. The van der Waals surface area contributed by atoms with Crippen molar-refractivity contribution < 1.29 is 5.11 Å². The first-order chi connectivity index (χ1) is 7.02. The largest absolute Gasteiger partial charge is 0.394 e. The Morgan fingerprint density at radius 3 is 2.73 bits per heavy atom. The Balaban J connectivity index is 1.89. The van der Waals surface area contributed by atoms with E-state index in [1.165, 1.54) is 25.8 Å². The van der Waals surface area contributed by atoms with E-state index in [0.29, 0.717) is 6.04 Å². The van der Waals surface area contributed by atoms with Crippen molar-refractivity contribution in [1.82, 2.24) is 4.90 Å². The molecule has 2 aliphatic rings. The Hall–Kier alpha value is -0.120. The molecule has 0 radical (unpaired) electrons. The summed E-state index contributed by atoms with van der Waals surface area (Å²) in [6.45, 7) is 5.53. The molecule has 1 saturated carbocycles. The molecule has 2 fully saturated rings. The molecule has 4 unspecified atom stereocenters. The highest BCUT2D eigenvalue weighted by molar-refractivity contribution is 4.96. The van der Waals surface area contributed by atoms with Crippen molar-refractivity contribution in [2.24, 2.45) is 11.7 Å². The van der Waals surface area contributed by atoms with Gasteiger partial charge in [0.1, 0.15) is 0 Å². The topological polar surface area (TPSA) is 49.5 Å². The summed E-state index contributed by atoms with van der Waals surface area (Å²) in [6, 6.07) is 1.32. The summed E-state index contributed by atoms with van der Waals surface area (Å²) in [4.78, 5) is 2.61. The molecule has 1 saturated heterocycles. The minimum Gasteiger partial charge on any atom is -0.394 e. The van der Waals surface area contributed by atoms with Gasteiger partial charge in [0.05, 0.1) is 6.61 Å². The van der Waals surface area contributed by atoms with Crippen LogP contribution >= 0.6 is 0 Å². The van der Waals surface area contributed by atoms with E-state index in [1.54, 1.807) is 0 Å². The van der Waals surface area contributed by atoms with E-state index >= 15 is 0 Å². The lowest BCUT2D eigenvalue weighted by molar-refractivity contribution is 0.112. The Labute approximate surface area is 92.6 Å². The lowest BCUT2D eigenvalue weighted by Crippen LogP contribution is -2.49. The first-order valence-corrected chi connectivity index (χ1v) is 6.17. The van der Waals surface area contributed by atoms with E-state index in [-0.39, 0.29) is 6.61 Å². The molecule has 0 amide bonds. The summed E-state index contributed by atoms with van der Waals surface area (Å²) in [6.07, 6.45) is 5.08. The van der Waals surface area contributed by atoms with Gasteiger partial charge in [-0.2, -0.15) is 0 Å². The Morgan fingerprint density at radius 1 is 1.53 bits per heavy atom. The molecule has 3 heteroatoms. The molecule has 15 heavy (non-hydrogen) atoms. The lowest BCUT2D eigenvalue weighted by Gasteiger charge is -2.36. The zero-order valence-corrected chi connectivity index (χ0v) is 9.95. The number of hydrogen-bond acceptors (Lipinski definition) is 3. The predicted molar refractivity (Wildman–Crippen MR) is 61.6 cm³/mol. The molecule has 2 rings (SSSR count). The molecule has 4 atom stereocenters. The lowest BCUT2D eigenvalue weighted by atomic mass is 9.94. The number of aliphatic hydroxyl groups excluding tert-OH is 1. The number of fused-ring (bicyclic) bond motifs is 2. The summed E-state index contributed by atoms with van der Waals surface area (Å²) in [5.74, 6) is 0.940. The zero-order chi connectivity index (χ0) is 11.1. The third-order valence-electron chi connectivity index (χ3n) is 4.14. The van der Waals surface area contributed by atoms with Crippen LogP contribution < -0.4 is 5.73 Å². The number of nitrogens with zero attached hydrogens (tertiary/aromatic N) is 1. The van der Waals surface area contributed by atoms with Gasteiger partial charge in [0, 0.05) is 24.2 Å². The van der Waals surface area contributed by atoms with Gasteiger partial charge in [0.2, 0.25) is 0 Å². The molecule has 1 aliphatic carbocycles. The van der Waals surface area contributed by atoms with Crippen LogP contribution in [0, 0.1) is 5.92 Å². The number of hydrogen-bond donors (Lipinski definition) is 2. The van der Waals surface area contributed by atoms with Crippen molar-refractivity contribution >= 4 is 0 Å². The smallest absolute Gasteiger partial charge is 0.0609 e. The number of aliphatic hydroxyl groups is 1. The summed E-state index contributed by atoms with van der Waals surface area (Å²) < 4.78 is 0. The summed E-state index contributed by atoms with van der Waals surface area (Å²) in [7, 11) is 0. The van der Waals surface area contributed by atoms with Gasteiger partial charge in [-0.1, -0.05) is 0 Å². The summed E-state index contributed by atoms with van der Waals surface area (Å²) in [5, 5.41) is 9.17. The monoisotopic (exact) mass is 212 g/mol. The molecule has 3 N–H and O–H groups in total. The van der Waals surface area contributed by atoms with Gasteiger partial charge in [-0.3, -0.25) is 4.90 Å². The number of piperidine rings is 1. The van der Waals surface area contributed by atoms with Gasteiger partial charge in [0.15, 0.2) is 0 Å². The molecular weight excluding hydrogens is 188 g/mol. The summed E-state index contributed by atoms with van der Waals surface area (Å²) >= 11 is 0. The highest BCUT2D eigenvalue weighted by Crippen LogP contribution is 2.39. The molecule has 1 aliphatic heterocycles. The van der Waals surface area contributed by atoms with Crippen molar-refractivity contribution in [3.8, 4) is 0 Å². The highest BCUT2D eigenvalue weighted by Gasteiger charge is 2.40. The van der Waals surface area contributed by atoms with Crippen molar-refractivity contribution in [2.75, 3.05) is 13.2 Å². The minimum atomic E-state index is -0.415. The van der Waals surface area contributed by atoms with Crippen molar-refractivity contribution in [1.29, 1.82) is 0 Å². The maximum atomic E-state index is 9.17. The fourth-order valence-corrected chi connectivity index (χ4v) is 3.36. The van der Waals surface area contributed by atoms with Gasteiger partial charge in [-0.15, -0.1) is 0 Å². The molecular formula is C12H24N2O. The number of likely N-dealkylation sites (tertiary alicyclic amines) is 1. The van der Waals surface area contributed by atoms with Crippen molar-refractivity contribution in [3.05, 3.63) is 0 Å². The van der Waals surface area contributed by atoms with Gasteiger partial charge in [0.25, 0.3) is 0 Å². The van der Waals surface area contributed by atoms with Gasteiger partial charge in [-0.05, 0) is 45.4 Å². The number of nitrogens with two attached hydrogens (primary N) is 1. The molecule has 0 aromatic rings. The molecule has 0 aromatic carbocycles. The zero-order valence-electron chi connectivity index (χ0n) is 9.95. The Bertz CT molecular complexity index is 230. The van der Waals surface area contributed by atoms with Gasteiger partial charge in [-0.25, -0.2) is 0 Å². The third-order valence-corrected chi connectivity index (χ3v) is 4.14. The molecule has 2 bridgehead atoms. The molecule has 1 heterocycles. The fourth-order valence-electron chi connectivity index (χ4n) is 3.36. The van der Waals surface area contributed by atoms with Crippen molar-refractivity contribution in [2.45, 2.75) is 57.2 Å². The Morgan fingerprint density at radius 2 is 2.27 bits per heavy atom. The average molecular weight is 212 g/mol. The van der Waals surface area contributed by atoms with Crippen LogP contribution in [-0.2, 0) is 0 Å². The predicted octanol–water partition coefficient (Wildman–Crippen LogP) is 0.959. The van der Waals surface area contributed by atoms with E-state index in [4.69, 9.17) is 5.73 Å². The van der Waals surface area contributed by atoms with Crippen LogP contribution in [0.4, 0.5) is 0 Å². The maximum Gasteiger partial charge on any atom is 0.0609 e. The van der Waals surface area contributed by atoms with Crippen LogP contribution in [0.2, 0.25) is 0 Å². The van der Waals surface area contributed by atoms with Crippen LogP contribution in [-0.4, -0.2) is 40.8 Å². The van der Waals surface area contributed by atoms with E-state index < -0.39 is 5.54 Å². The maximum absolute atomic E-state index is 9.17. The Kier molecular flexibility index (Phi) is 3.06. The van der Waals surface area contributed by atoms with Crippen molar-refractivity contribution in [3.63, 3.8) is 0 Å². The standard InChI is InChI=1S/C12H24N2O/c1-9(6-12(2,13)8-15)14-7-10-3-4-11(14)5-10/h9-11,15H,3-8,13H2,1-2H3. The van der Waals surface area contributed by atoms with Crippen LogP contribution in [0.25, 0.3) is 0 Å². The molecule has 0 aromatic heterocycles. The normalized spacial score (nSPS) is 36.8. The van der Waals surface area contributed by atoms with Gasteiger partial charge >= 0.3 is 0 Å². The van der Waals surface area contributed by atoms with E-state index in [1.807, 2.05) is 6.92 Å². The van der Waals surface area contributed by atoms with E-state index in [2.05, 4.69) is 11.8 Å². The summed E-state index contributed by atoms with van der Waals surface area (Å²) in [5.41, 5.74) is 5.59. The van der Waals surface area contributed by atoms with Crippen LogP contribution in [0.1, 0.15) is 39.5 Å². The second-order valence-electron chi connectivity index (χ2n) is 5.89. The molecule has 3 nitrogen and oxygen atoms in total. The van der Waals surface area contributed by atoms with E-state index in [9.17, 15) is 5.11 Å². The second-order valence-corrected chi connectivity index (χ2v) is 5.89. The SMILES string of the molecule is CC(CC(C)(N)CO)N1CC2CCC1C2. The first-order valence-electron chi connectivity index (χ1n) is 6.17. The first kappa shape index (κ1) is 11.4. The number of rotatable bonds is 4. The highest BCUT2D eigenvalue weighted by atomic mass is 16.3. The van der Waals surface area contributed by atoms with Crippen LogP contribution in [0.3, 0.4) is 0 Å². The second kappa shape index (κ2) is 4.04. The molecule has 0 spiro atoms. The molecule has 88 valence electrons. The quantitative estimate of drug-likeness (QED) is 0.730. The minimum absolute atomic E-state index is 0.0826. The van der Waals surface area contributed by atoms with E-state index in [0.717, 1.165) is 18.4 Å². The van der Waals surface area contributed by atoms with Gasteiger partial charge < -0.3 is 10.8 Å². The third kappa shape index (κ3) is 2.35. The van der Waals surface area contributed by atoms with Crippen LogP contribution in [0.5, 0.6) is 0 Å². The van der Waals surface area contributed by atoms with Crippen LogP contribution in [0.15, 0.2) is 0 Å².